The highest BCUT2D eigenvalue weighted by Crippen LogP contribution is 2.17. The summed E-state index contributed by atoms with van der Waals surface area (Å²) >= 11 is 3.41. The minimum atomic E-state index is 0.0987. The molecule has 3 heterocycles. The summed E-state index contributed by atoms with van der Waals surface area (Å²) in [6, 6.07) is 4.28. The van der Waals surface area contributed by atoms with Gasteiger partial charge in [-0.05, 0) is 30.7 Å². The van der Waals surface area contributed by atoms with Crippen LogP contribution >= 0.6 is 22.7 Å². The molecule has 0 aromatic carbocycles. The number of hydrogen-bond donors (Lipinski definition) is 0. The topological polar surface area (TPSA) is 36.4 Å². The minimum absolute atomic E-state index is 0.0987. The summed E-state index contributed by atoms with van der Waals surface area (Å²) in [5.74, 6) is 0.0987. The monoisotopic (exact) mass is 349 g/mol. The van der Waals surface area contributed by atoms with Crippen molar-refractivity contribution in [2.75, 3.05) is 26.2 Å². The maximum absolute atomic E-state index is 12.6. The molecule has 0 atom stereocenters. The van der Waals surface area contributed by atoms with Gasteiger partial charge in [0.15, 0.2) is 0 Å². The maximum atomic E-state index is 12.6. The van der Waals surface area contributed by atoms with E-state index in [-0.39, 0.29) is 5.91 Å². The van der Waals surface area contributed by atoms with Crippen LogP contribution in [0.1, 0.15) is 40.1 Å². The Kier molecular flexibility index (Phi) is 5.80. The molecule has 0 unspecified atom stereocenters. The van der Waals surface area contributed by atoms with Crippen molar-refractivity contribution in [1.29, 1.82) is 0 Å². The van der Waals surface area contributed by atoms with Gasteiger partial charge >= 0.3 is 0 Å². The van der Waals surface area contributed by atoms with Crippen LogP contribution in [0, 0.1) is 0 Å². The summed E-state index contributed by atoms with van der Waals surface area (Å²) in [5, 5.41) is 5.12. The molecule has 23 heavy (non-hydrogen) atoms. The fraction of sp³-hybridized carbons (Fsp3) is 0.529. The number of thiazole rings is 1. The first kappa shape index (κ1) is 16.6. The zero-order valence-electron chi connectivity index (χ0n) is 13.5. The average Bonchev–Trinajstić information content (AvgIpc) is 3.16. The molecule has 0 bridgehead atoms. The highest BCUT2D eigenvalue weighted by atomic mass is 32.1. The van der Waals surface area contributed by atoms with Crippen molar-refractivity contribution in [3.05, 3.63) is 38.5 Å². The Labute approximate surface area is 145 Å². The van der Waals surface area contributed by atoms with E-state index in [9.17, 15) is 4.79 Å². The van der Waals surface area contributed by atoms with E-state index in [0.717, 1.165) is 57.0 Å². The molecule has 2 aromatic rings. The van der Waals surface area contributed by atoms with E-state index in [2.05, 4.69) is 34.3 Å². The second-order valence-electron chi connectivity index (χ2n) is 5.88. The highest BCUT2D eigenvalue weighted by Gasteiger charge is 2.22. The Morgan fingerprint density at radius 3 is 2.96 bits per heavy atom. The summed E-state index contributed by atoms with van der Waals surface area (Å²) in [6.45, 7) is 6.76. The highest BCUT2D eigenvalue weighted by molar-refractivity contribution is 7.10. The van der Waals surface area contributed by atoms with Crippen molar-refractivity contribution in [2.24, 2.45) is 0 Å². The largest absolute Gasteiger partial charge is 0.336 e. The van der Waals surface area contributed by atoms with Crippen LogP contribution in [-0.2, 0) is 13.0 Å². The van der Waals surface area contributed by atoms with Gasteiger partial charge in [0.25, 0.3) is 5.91 Å². The van der Waals surface area contributed by atoms with Crippen LogP contribution in [0.25, 0.3) is 0 Å². The molecule has 0 spiro atoms. The summed E-state index contributed by atoms with van der Waals surface area (Å²) in [5.41, 5.74) is 0.630. The van der Waals surface area contributed by atoms with Crippen molar-refractivity contribution < 1.29 is 4.79 Å². The Balaban J connectivity index is 1.57. The average molecular weight is 350 g/mol. The Morgan fingerprint density at radius 2 is 2.17 bits per heavy atom. The smallest absolute Gasteiger partial charge is 0.273 e. The zero-order valence-corrected chi connectivity index (χ0v) is 15.2. The van der Waals surface area contributed by atoms with Crippen LogP contribution in [0.2, 0.25) is 0 Å². The van der Waals surface area contributed by atoms with E-state index in [1.54, 1.807) is 22.7 Å². The lowest BCUT2D eigenvalue weighted by Gasteiger charge is -2.21. The van der Waals surface area contributed by atoms with Gasteiger partial charge in [-0.1, -0.05) is 13.0 Å². The molecule has 1 aliphatic heterocycles. The lowest BCUT2D eigenvalue weighted by molar-refractivity contribution is 0.0756. The van der Waals surface area contributed by atoms with Crippen LogP contribution < -0.4 is 0 Å². The third-order valence-corrected chi connectivity index (χ3v) is 5.84. The molecule has 0 saturated carbocycles. The quantitative estimate of drug-likeness (QED) is 0.829. The summed E-state index contributed by atoms with van der Waals surface area (Å²) in [7, 11) is 0. The maximum Gasteiger partial charge on any atom is 0.273 e. The number of aryl methyl sites for hydroxylation is 1. The summed E-state index contributed by atoms with van der Waals surface area (Å²) in [4.78, 5) is 23.0. The standard InChI is InChI=1S/C17H23N3OS2/c1-2-5-16-18-15(13-23-16)17(21)20-8-4-7-19(9-10-20)12-14-6-3-11-22-14/h3,6,11,13H,2,4-5,7-10,12H2,1H3. The van der Waals surface area contributed by atoms with Crippen molar-refractivity contribution >= 4 is 28.6 Å². The third-order valence-electron chi connectivity index (χ3n) is 4.07. The first-order valence-corrected chi connectivity index (χ1v) is 10.0. The van der Waals surface area contributed by atoms with Gasteiger partial charge in [0, 0.05) is 43.0 Å². The third kappa shape index (κ3) is 4.40. The number of nitrogens with zero attached hydrogens (tertiary/aromatic N) is 3. The van der Waals surface area contributed by atoms with Gasteiger partial charge in [0.05, 0.1) is 5.01 Å². The Hall–Kier alpha value is -1.24. The molecule has 0 aliphatic carbocycles. The van der Waals surface area contributed by atoms with E-state index in [1.165, 1.54) is 4.88 Å². The molecule has 2 aromatic heterocycles. The van der Waals surface area contributed by atoms with Crippen LogP contribution in [0.3, 0.4) is 0 Å². The predicted octanol–water partition coefficient (Wildman–Crippen LogP) is 3.51. The molecular weight excluding hydrogens is 326 g/mol. The lowest BCUT2D eigenvalue weighted by Crippen LogP contribution is -2.35. The first-order chi connectivity index (χ1) is 11.3. The van der Waals surface area contributed by atoms with E-state index in [1.807, 2.05) is 10.3 Å². The van der Waals surface area contributed by atoms with Gasteiger partial charge in [-0.2, -0.15) is 0 Å². The number of rotatable bonds is 5. The normalized spacial score (nSPS) is 16.5. The molecule has 1 fully saturated rings. The molecule has 0 N–H and O–H groups in total. The number of carbonyl (C=O) groups is 1. The molecule has 0 radical (unpaired) electrons. The van der Waals surface area contributed by atoms with E-state index in [4.69, 9.17) is 0 Å². The molecule has 124 valence electrons. The van der Waals surface area contributed by atoms with Crippen LogP contribution in [0.4, 0.5) is 0 Å². The Morgan fingerprint density at radius 1 is 1.26 bits per heavy atom. The number of hydrogen-bond acceptors (Lipinski definition) is 5. The minimum Gasteiger partial charge on any atom is -0.336 e. The fourth-order valence-corrected chi connectivity index (χ4v) is 4.48. The van der Waals surface area contributed by atoms with Gasteiger partial charge < -0.3 is 4.90 Å². The molecule has 1 saturated heterocycles. The molecule has 3 rings (SSSR count). The van der Waals surface area contributed by atoms with Crippen molar-refractivity contribution in [2.45, 2.75) is 32.7 Å². The fourth-order valence-electron chi connectivity index (χ4n) is 2.85. The molecule has 4 nitrogen and oxygen atoms in total. The van der Waals surface area contributed by atoms with Crippen LogP contribution in [0.5, 0.6) is 0 Å². The van der Waals surface area contributed by atoms with Crippen LogP contribution in [-0.4, -0.2) is 46.9 Å². The predicted molar refractivity (Wildman–Crippen MR) is 96.2 cm³/mol. The number of carbonyl (C=O) groups excluding carboxylic acids is 1. The van der Waals surface area contributed by atoms with E-state index in [0.29, 0.717) is 5.69 Å². The molecular formula is C17H23N3OS2. The zero-order chi connectivity index (χ0) is 16.1. The van der Waals surface area contributed by atoms with Crippen molar-refractivity contribution in [3.8, 4) is 0 Å². The van der Waals surface area contributed by atoms with Gasteiger partial charge in [-0.25, -0.2) is 4.98 Å². The lowest BCUT2D eigenvalue weighted by atomic mass is 10.3. The van der Waals surface area contributed by atoms with Gasteiger partial charge in [-0.15, -0.1) is 22.7 Å². The van der Waals surface area contributed by atoms with E-state index < -0.39 is 0 Å². The van der Waals surface area contributed by atoms with Gasteiger partial charge in [0.2, 0.25) is 0 Å². The summed E-state index contributed by atoms with van der Waals surface area (Å²) < 4.78 is 0. The SMILES string of the molecule is CCCc1nc(C(=O)N2CCCN(Cc3cccs3)CC2)cs1. The summed E-state index contributed by atoms with van der Waals surface area (Å²) in [6.07, 6.45) is 3.07. The van der Waals surface area contributed by atoms with E-state index >= 15 is 0 Å². The Bertz CT molecular complexity index is 624. The second kappa shape index (κ2) is 8.04. The number of thiophene rings is 1. The van der Waals surface area contributed by atoms with Crippen LogP contribution in [0.15, 0.2) is 22.9 Å². The van der Waals surface area contributed by atoms with Crippen molar-refractivity contribution in [1.82, 2.24) is 14.8 Å². The van der Waals surface area contributed by atoms with Crippen molar-refractivity contribution in [3.63, 3.8) is 0 Å². The molecule has 6 heteroatoms. The molecule has 1 amide bonds. The van der Waals surface area contributed by atoms with Gasteiger partial charge in [-0.3, -0.25) is 9.69 Å². The first-order valence-electron chi connectivity index (χ1n) is 8.24. The molecule has 1 aliphatic rings. The van der Waals surface area contributed by atoms with Gasteiger partial charge in [0.1, 0.15) is 5.69 Å². The number of aromatic nitrogens is 1. The second-order valence-corrected chi connectivity index (χ2v) is 7.85. The number of amides is 1.